The molecule has 1 aliphatic heterocycles. The van der Waals surface area contributed by atoms with E-state index in [9.17, 15) is 4.79 Å². The molecule has 6 nitrogen and oxygen atoms in total. The minimum atomic E-state index is -0.530. The zero-order valence-corrected chi connectivity index (χ0v) is 16.9. The predicted octanol–water partition coefficient (Wildman–Crippen LogP) is 4.37. The van der Waals surface area contributed by atoms with Crippen molar-refractivity contribution in [1.82, 2.24) is 9.55 Å². The van der Waals surface area contributed by atoms with Gasteiger partial charge in [0, 0.05) is 16.7 Å². The summed E-state index contributed by atoms with van der Waals surface area (Å²) in [7, 11) is 0. The van der Waals surface area contributed by atoms with Crippen molar-refractivity contribution in [2.45, 2.75) is 18.0 Å². The van der Waals surface area contributed by atoms with Crippen LogP contribution in [0.5, 0.6) is 0 Å². The third-order valence-corrected chi connectivity index (χ3v) is 5.42. The molecular formula is C20H18ClN5OS. The topological polar surface area (TPSA) is 71.3 Å². The summed E-state index contributed by atoms with van der Waals surface area (Å²) >= 11 is 7.93. The van der Waals surface area contributed by atoms with Crippen LogP contribution in [-0.2, 0) is 0 Å². The van der Waals surface area contributed by atoms with Crippen LogP contribution in [0.2, 0.25) is 5.02 Å². The van der Waals surface area contributed by atoms with Gasteiger partial charge >= 0.3 is 0 Å². The van der Waals surface area contributed by atoms with E-state index < -0.39 is 6.17 Å². The summed E-state index contributed by atoms with van der Waals surface area (Å²) in [5, 5.41) is 6.88. The molecule has 8 heteroatoms. The van der Waals surface area contributed by atoms with Gasteiger partial charge in [-0.05, 0) is 43.0 Å². The molecule has 1 unspecified atom stereocenters. The highest BCUT2D eigenvalue weighted by atomic mass is 35.5. The summed E-state index contributed by atoms with van der Waals surface area (Å²) in [4.78, 5) is 23.0. The number of hydrogen-bond donors (Lipinski definition) is 2. The summed E-state index contributed by atoms with van der Waals surface area (Å²) in [6, 6.07) is 16.9. The van der Waals surface area contributed by atoms with Crippen molar-refractivity contribution in [2.75, 3.05) is 16.9 Å². The molecule has 0 aliphatic carbocycles. The van der Waals surface area contributed by atoms with Gasteiger partial charge in [0.05, 0.1) is 10.7 Å². The number of aryl methyl sites for hydroxylation is 1. The lowest BCUT2D eigenvalue weighted by molar-refractivity contribution is 0.577. The highest BCUT2D eigenvalue weighted by Gasteiger charge is 2.25. The third kappa shape index (κ3) is 3.63. The number of fused-ring (bicyclic) bond motifs is 1. The first-order valence-electron chi connectivity index (χ1n) is 8.65. The van der Waals surface area contributed by atoms with Gasteiger partial charge in [0.1, 0.15) is 0 Å². The second-order valence-electron chi connectivity index (χ2n) is 6.28. The van der Waals surface area contributed by atoms with Crippen molar-refractivity contribution in [3.05, 3.63) is 81.2 Å². The average molecular weight is 412 g/mol. The van der Waals surface area contributed by atoms with Crippen molar-refractivity contribution in [2.24, 2.45) is 4.99 Å². The number of rotatable bonds is 3. The van der Waals surface area contributed by atoms with E-state index in [1.165, 1.54) is 6.07 Å². The highest BCUT2D eigenvalue weighted by Crippen LogP contribution is 2.28. The Bertz CT molecular complexity index is 1110. The zero-order valence-electron chi connectivity index (χ0n) is 15.3. The molecular weight excluding hydrogens is 394 g/mol. The number of halogens is 1. The number of hydrogen-bond acceptors (Lipinski definition) is 6. The molecule has 3 aromatic rings. The first-order chi connectivity index (χ1) is 13.5. The molecule has 1 aliphatic rings. The second kappa shape index (κ2) is 7.69. The summed E-state index contributed by atoms with van der Waals surface area (Å²) in [6.45, 7) is 1.79. The fraction of sp³-hybridized carbons (Fsp3) is 0.150. The summed E-state index contributed by atoms with van der Waals surface area (Å²) in [5.74, 6) is 0.915. The standard InChI is InChI=1S/C20H18ClN5OS/c1-12-11-17(27)26-18(13-7-9-14(28-2)10-8-13)24-19(25-20(26)22-12)23-16-6-4-3-5-15(16)21/h3-11,18H,1-2H3,(H2,22,23,24,25). The van der Waals surface area contributed by atoms with Crippen molar-refractivity contribution in [1.29, 1.82) is 0 Å². The molecule has 2 N–H and O–H groups in total. The van der Waals surface area contributed by atoms with E-state index in [0.717, 1.165) is 16.1 Å². The molecule has 1 aromatic heterocycles. The number of anilines is 2. The molecule has 2 aromatic carbocycles. The van der Waals surface area contributed by atoms with Crippen LogP contribution >= 0.6 is 23.4 Å². The number of aliphatic imine (C=N–C) groups is 1. The minimum absolute atomic E-state index is 0.158. The number of para-hydroxylation sites is 1. The van der Waals surface area contributed by atoms with E-state index in [-0.39, 0.29) is 5.56 Å². The van der Waals surface area contributed by atoms with Gasteiger partial charge in [0.15, 0.2) is 6.17 Å². The molecule has 28 heavy (non-hydrogen) atoms. The normalized spacial score (nSPS) is 15.4. The second-order valence-corrected chi connectivity index (χ2v) is 7.57. The number of guanidine groups is 1. The van der Waals surface area contributed by atoms with Gasteiger partial charge in [0.2, 0.25) is 11.9 Å². The molecule has 0 fully saturated rings. The Balaban J connectivity index is 1.79. The first-order valence-corrected chi connectivity index (χ1v) is 10.3. The lowest BCUT2D eigenvalue weighted by Crippen LogP contribution is -2.37. The largest absolute Gasteiger partial charge is 0.325 e. The van der Waals surface area contributed by atoms with Crippen molar-refractivity contribution < 1.29 is 0 Å². The molecule has 0 radical (unpaired) electrons. The molecule has 0 saturated carbocycles. The molecule has 0 bridgehead atoms. The summed E-state index contributed by atoms with van der Waals surface area (Å²) in [6.07, 6.45) is 1.49. The third-order valence-electron chi connectivity index (χ3n) is 4.35. The lowest BCUT2D eigenvalue weighted by atomic mass is 10.1. The van der Waals surface area contributed by atoms with Gasteiger partial charge in [-0.25, -0.2) is 9.98 Å². The number of nitrogens with zero attached hydrogens (tertiary/aromatic N) is 3. The van der Waals surface area contributed by atoms with Crippen LogP contribution in [0.4, 0.5) is 11.6 Å². The quantitative estimate of drug-likeness (QED) is 0.626. The predicted molar refractivity (Wildman–Crippen MR) is 116 cm³/mol. The van der Waals surface area contributed by atoms with Crippen molar-refractivity contribution in [3.63, 3.8) is 0 Å². The summed E-state index contributed by atoms with van der Waals surface area (Å²) in [5.41, 5.74) is 2.09. The van der Waals surface area contributed by atoms with E-state index >= 15 is 0 Å². The van der Waals surface area contributed by atoms with Crippen LogP contribution < -0.4 is 16.2 Å². The first kappa shape index (κ1) is 18.6. The average Bonchev–Trinajstić information content (AvgIpc) is 2.69. The van der Waals surface area contributed by atoms with Gasteiger partial charge < -0.3 is 5.32 Å². The fourth-order valence-electron chi connectivity index (χ4n) is 3.00. The van der Waals surface area contributed by atoms with E-state index in [0.29, 0.717) is 22.6 Å². The highest BCUT2D eigenvalue weighted by molar-refractivity contribution is 7.98. The van der Waals surface area contributed by atoms with E-state index in [4.69, 9.17) is 16.6 Å². The molecule has 0 amide bonds. The smallest absolute Gasteiger partial charge is 0.257 e. The van der Waals surface area contributed by atoms with E-state index in [1.54, 1.807) is 29.3 Å². The molecule has 2 heterocycles. The maximum atomic E-state index is 12.7. The maximum absolute atomic E-state index is 12.7. The zero-order chi connectivity index (χ0) is 19.7. The number of benzene rings is 2. The minimum Gasteiger partial charge on any atom is -0.325 e. The van der Waals surface area contributed by atoms with Gasteiger partial charge in [-0.15, -0.1) is 11.8 Å². The van der Waals surface area contributed by atoms with Crippen molar-refractivity contribution in [3.8, 4) is 0 Å². The van der Waals surface area contributed by atoms with Crippen molar-refractivity contribution >= 4 is 41.0 Å². The Morgan fingerprint density at radius 2 is 1.93 bits per heavy atom. The molecule has 0 saturated heterocycles. The lowest BCUT2D eigenvalue weighted by Gasteiger charge is -2.27. The van der Waals surface area contributed by atoms with Crippen LogP contribution in [-0.4, -0.2) is 21.8 Å². The molecule has 4 rings (SSSR count). The van der Waals surface area contributed by atoms with E-state index in [1.807, 2.05) is 48.7 Å². The van der Waals surface area contributed by atoms with Crippen LogP contribution in [0, 0.1) is 6.92 Å². The Morgan fingerprint density at radius 3 is 2.64 bits per heavy atom. The van der Waals surface area contributed by atoms with Crippen LogP contribution in [0.15, 0.2) is 69.3 Å². The SMILES string of the molecule is CSc1ccc(C2N=C(Nc3ccccc3Cl)Nc3nc(C)cc(=O)n32)cc1. The van der Waals surface area contributed by atoms with Crippen LogP contribution in [0.3, 0.4) is 0 Å². The Kier molecular flexibility index (Phi) is 5.11. The molecule has 0 spiro atoms. The number of thioether (sulfide) groups is 1. The van der Waals surface area contributed by atoms with Gasteiger partial charge in [-0.3, -0.25) is 14.7 Å². The summed E-state index contributed by atoms with van der Waals surface area (Å²) < 4.78 is 1.55. The van der Waals surface area contributed by atoms with Crippen LogP contribution in [0.25, 0.3) is 0 Å². The van der Waals surface area contributed by atoms with Gasteiger partial charge in [-0.2, -0.15) is 0 Å². The maximum Gasteiger partial charge on any atom is 0.257 e. The number of aromatic nitrogens is 2. The Hall–Kier alpha value is -2.77. The van der Waals surface area contributed by atoms with Crippen LogP contribution in [0.1, 0.15) is 17.4 Å². The monoisotopic (exact) mass is 411 g/mol. The Labute approximate surface area is 171 Å². The molecule has 1 atom stereocenters. The van der Waals surface area contributed by atoms with E-state index in [2.05, 4.69) is 15.6 Å². The molecule has 142 valence electrons. The fourth-order valence-corrected chi connectivity index (χ4v) is 3.59. The Morgan fingerprint density at radius 1 is 1.18 bits per heavy atom. The van der Waals surface area contributed by atoms with Gasteiger partial charge in [0.25, 0.3) is 5.56 Å². The van der Waals surface area contributed by atoms with Gasteiger partial charge in [-0.1, -0.05) is 35.9 Å². The number of nitrogens with one attached hydrogen (secondary N) is 2.